The summed E-state index contributed by atoms with van der Waals surface area (Å²) in [4.78, 5) is 17.9. The van der Waals surface area contributed by atoms with E-state index in [1.807, 2.05) is 42.5 Å². The minimum atomic E-state index is -0.457. The second-order valence-corrected chi connectivity index (χ2v) is 8.57. The first-order valence-corrected chi connectivity index (χ1v) is 12.0. The molecule has 188 valence electrons. The smallest absolute Gasteiger partial charge is 0.187 e. The third-order valence-corrected chi connectivity index (χ3v) is 6.43. The number of hydrogen-bond donors (Lipinski definition) is 1. The SMILES string of the molecule is COc1ccc(C=CC(=O)c2cc(-c3ccccc3OC)ccc2N2CCN(CCO)CC2)c(F)c1. The molecule has 0 aliphatic carbocycles. The number of halogens is 1. The Morgan fingerprint density at radius 2 is 1.78 bits per heavy atom. The van der Waals surface area contributed by atoms with Gasteiger partial charge in [0.05, 0.1) is 20.8 Å². The molecule has 0 aromatic heterocycles. The van der Waals surface area contributed by atoms with Gasteiger partial charge in [0.2, 0.25) is 0 Å². The van der Waals surface area contributed by atoms with Crippen LogP contribution in [0.15, 0.2) is 66.7 Å². The van der Waals surface area contributed by atoms with E-state index < -0.39 is 5.82 Å². The lowest BCUT2D eigenvalue weighted by atomic mass is 9.97. The number of ether oxygens (including phenoxy) is 2. The molecule has 3 aromatic rings. The Morgan fingerprint density at radius 3 is 2.47 bits per heavy atom. The topological polar surface area (TPSA) is 62.2 Å². The minimum Gasteiger partial charge on any atom is -0.497 e. The van der Waals surface area contributed by atoms with Crippen molar-refractivity contribution in [2.24, 2.45) is 0 Å². The number of β-amino-alcohol motifs (C(OH)–C–C–N with tert-alkyl or cyclic N) is 1. The van der Waals surface area contributed by atoms with Crippen LogP contribution >= 0.6 is 0 Å². The molecule has 1 heterocycles. The van der Waals surface area contributed by atoms with Crippen molar-refractivity contribution in [2.45, 2.75) is 0 Å². The van der Waals surface area contributed by atoms with E-state index in [4.69, 9.17) is 9.47 Å². The van der Waals surface area contributed by atoms with Gasteiger partial charge in [-0.3, -0.25) is 9.69 Å². The highest BCUT2D eigenvalue weighted by atomic mass is 19.1. The number of nitrogens with zero attached hydrogens (tertiary/aromatic N) is 2. The summed E-state index contributed by atoms with van der Waals surface area (Å²) < 4.78 is 25.0. The molecule has 0 amide bonds. The number of hydrogen-bond acceptors (Lipinski definition) is 6. The number of rotatable bonds is 9. The van der Waals surface area contributed by atoms with Crippen LogP contribution in [0.25, 0.3) is 17.2 Å². The van der Waals surface area contributed by atoms with Gasteiger partial charge in [-0.2, -0.15) is 0 Å². The molecule has 0 radical (unpaired) electrons. The number of carbonyl (C=O) groups is 1. The summed E-state index contributed by atoms with van der Waals surface area (Å²) in [5.41, 5.74) is 3.44. The summed E-state index contributed by atoms with van der Waals surface area (Å²) in [7, 11) is 3.10. The zero-order valence-electron chi connectivity index (χ0n) is 20.6. The van der Waals surface area contributed by atoms with Crippen molar-refractivity contribution < 1.29 is 23.8 Å². The van der Waals surface area contributed by atoms with Crippen LogP contribution in [-0.4, -0.2) is 69.3 Å². The predicted molar refractivity (Wildman–Crippen MR) is 140 cm³/mol. The molecule has 0 unspecified atom stereocenters. The van der Waals surface area contributed by atoms with E-state index in [9.17, 15) is 14.3 Å². The molecule has 1 fully saturated rings. The quantitative estimate of drug-likeness (QED) is 0.352. The standard InChI is InChI=1S/C29H31FN2O4/c1-35-23-10-7-21(26(30)20-23)9-12-28(34)25-19-22(24-5-3-4-6-29(24)36-2)8-11-27(25)32-15-13-31(14-16-32)17-18-33/h3-12,19-20,33H,13-18H2,1-2H3. The molecular weight excluding hydrogens is 459 g/mol. The molecule has 1 N–H and O–H groups in total. The van der Waals surface area contributed by atoms with Gasteiger partial charge in [-0.1, -0.05) is 24.3 Å². The monoisotopic (exact) mass is 490 g/mol. The fourth-order valence-electron chi connectivity index (χ4n) is 4.44. The van der Waals surface area contributed by atoms with Crippen LogP contribution in [0, 0.1) is 5.82 Å². The summed E-state index contributed by atoms with van der Waals surface area (Å²) >= 11 is 0. The van der Waals surface area contributed by atoms with E-state index in [2.05, 4.69) is 9.80 Å². The van der Waals surface area contributed by atoms with Crippen LogP contribution in [-0.2, 0) is 0 Å². The van der Waals surface area contributed by atoms with Gasteiger partial charge >= 0.3 is 0 Å². The molecule has 0 atom stereocenters. The number of methoxy groups -OCH3 is 2. The number of anilines is 1. The van der Waals surface area contributed by atoms with Crippen LogP contribution < -0.4 is 14.4 Å². The van der Waals surface area contributed by atoms with Gasteiger partial charge in [0.1, 0.15) is 17.3 Å². The lowest BCUT2D eigenvalue weighted by molar-refractivity contribution is 0.104. The van der Waals surface area contributed by atoms with Crippen LogP contribution in [0.2, 0.25) is 0 Å². The van der Waals surface area contributed by atoms with Crippen LogP contribution in [0.5, 0.6) is 11.5 Å². The molecule has 3 aromatic carbocycles. The van der Waals surface area contributed by atoms with E-state index in [1.54, 1.807) is 19.2 Å². The fourth-order valence-corrected chi connectivity index (χ4v) is 4.44. The van der Waals surface area contributed by atoms with E-state index in [1.165, 1.54) is 25.3 Å². The van der Waals surface area contributed by atoms with E-state index in [0.29, 0.717) is 23.4 Å². The summed E-state index contributed by atoms with van der Waals surface area (Å²) in [6.07, 6.45) is 2.91. The number of carbonyl (C=O) groups excluding carboxylic acids is 1. The normalized spacial score (nSPS) is 14.3. The number of para-hydroxylation sites is 1. The van der Waals surface area contributed by atoms with Gasteiger partial charge in [0.15, 0.2) is 5.78 Å². The lowest BCUT2D eigenvalue weighted by Crippen LogP contribution is -2.47. The Kier molecular flexibility index (Phi) is 8.36. The molecule has 36 heavy (non-hydrogen) atoms. The molecule has 0 saturated carbocycles. The Bertz CT molecular complexity index is 1240. The van der Waals surface area contributed by atoms with Crippen molar-refractivity contribution in [3.63, 3.8) is 0 Å². The largest absolute Gasteiger partial charge is 0.497 e. The van der Waals surface area contributed by atoms with Crippen molar-refractivity contribution in [2.75, 3.05) is 58.5 Å². The molecule has 0 bridgehead atoms. The summed E-state index contributed by atoms with van der Waals surface area (Å²) in [6, 6.07) is 18.1. The van der Waals surface area contributed by atoms with Crippen molar-refractivity contribution in [1.29, 1.82) is 0 Å². The number of aliphatic hydroxyl groups excluding tert-OH is 1. The second-order valence-electron chi connectivity index (χ2n) is 8.57. The Labute approximate surface area is 211 Å². The van der Waals surface area contributed by atoms with E-state index in [0.717, 1.165) is 48.7 Å². The molecule has 4 rings (SSSR count). The zero-order valence-corrected chi connectivity index (χ0v) is 20.6. The van der Waals surface area contributed by atoms with Gasteiger partial charge < -0.3 is 19.5 Å². The third kappa shape index (κ3) is 5.75. The number of piperazine rings is 1. The lowest BCUT2D eigenvalue weighted by Gasteiger charge is -2.36. The fraction of sp³-hybridized carbons (Fsp3) is 0.276. The molecule has 1 aliphatic heterocycles. The number of ketones is 1. The first-order valence-electron chi connectivity index (χ1n) is 12.0. The van der Waals surface area contributed by atoms with Gasteiger partial charge in [0.25, 0.3) is 0 Å². The highest BCUT2D eigenvalue weighted by Gasteiger charge is 2.22. The molecule has 7 heteroatoms. The second kappa shape index (κ2) is 11.8. The maximum absolute atomic E-state index is 14.4. The van der Waals surface area contributed by atoms with Crippen molar-refractivity contribution in [1.82, 2.24) is 4.90 Å². The molecule has 1 aliphatic rings. The Morgan fingerprint density at radius 1 is 1.00 bits per heavy atom. The minimum absolute atomic E-state index is 0.129. The molecular formula is C29H31FN2O4. The van der Waals surface area contributed by atoms with E-state index in [-0.39, 0.29) is 12.4 Å². The summed E-state index contributed by atoms with van der Waals surface area (Å²) in [6.45, 7) is 3.85. The molecule has 0 spiro atoms. The average Bonchev–Trinajstić information content (AvgIpc) is 2.92. The summed E-state index contributed by atoms with van der Waals surface area (Å²) in [5, 5.41) is 9.25. The van der Waals surface area contributed by atoms with E-state index >= 15 is 0 Å². The highest BCUT2D eigenvalue weighted by Crippen LogP contribution is 2.34. The zero-order chi connectivity index (χ0) is 25.5. The molecule has 6 nitrogen and oxygen atoms in total. The van der Waals surface area contributed by atoms with Gasteiger partial charge in [-0.05, 0) is 48.0 Å². The van der Waals surface area contributed by atoms with Crippen LogP contribution in [0.4, 0.5) is 10.1 Å². The van der Waals surface area contributed by atoms with Gasteiger partial charge in [-0.15, -0.1) is 0 Å². The number of aliphatic hydroxyl groups is 1. The van der Waals surface area contributed by atoms with Crippen LogP contribution in [0.3, 0.4) is 0 Å². The maximum Gasteiger partial charge on any atom is 0.187 e. The first kappa shape index (κ1) is 25.4. The summed E-state index contributed by atoms with van der Waals surface area (Å²) in [5.74, 6) is 0.469. The van der Waals surface area contributed by atoms with Crippen molar-refractivity contribution in [3.8, 4) is 22.6 Å². The van der Waals surface area contributed by atoms with Gasteiger partial charge in [0, 0.05) is 61.2 Å². The molecule has 1 saturated heterocycles. The third-order valence-electron chi connectivity index (χ3n) is 6.43. The number of allylic oxidation sites excluding steroid dienone is 1. The van der Waals surface area contributed by atoms with Crippen LogP contribution in [0.1, 0.15) is 15.9 Å². The Hall–Kier alpha value is -3.68. The first-order chi connectivity index (χ1) is 17.5. The van der Waals surface area contributed by atoms with Crippen molar-refractivity contribution in [3.05, 3.63) is 83.7 Å². The highest BCUT2D eigenvalue weighted by molar-refractivity contribution is 6.11. The Balaban J connectivity index is 1.69. The van der Waals surface area contributed by atoms with Crippen molar-refractivity contribution >= 4 is 17.5 Å². The number of benzene rings is 3. The maximum atomic E-state index is 14.4. The average molecular weight is 491 g/mol. The predicted octanol–water partition coefficient (Wildman–Crippen LogP) is 4.52. The van der Waals surface area contributed by atoms with Gasteiger partial charge in [-0.25, -0.2) is 4.39 Å².